The van der Waals surface area contributed by atoms with E-state index in [0.717, 1.165) is 22.0 Å². The zero-order valence-corrected chi connectivity index (χ0v) is 33.4. The van der Waals surface area contributed by atoms with Gasteiger partial charge in [0.05, 0.1) is 35.4 Å². The second kappa shape index (κ2) is 15.6. The molecule has 4 atom stereocenters. The third-order valence-corrected chi connectivity index (χ3v) is 10.8. The summed E-state index contributed by atoms with van der Waals surface area (Å²) < 4.78 is 18.5. The Balaban J connectivity index is 1.28. The number of hydrogen-bond donors (Lipinski definition) is 3. The fourth-order valence-electron chi connectivity index (χ4n) is 8.01. The largest absolute Gasteiger partial charge is 0.457 e. The number of pyridine rings is 2. The summed E-state index contributed by atoms with van der Waals surface area (Å²) in [5.74, 6) is -4.61. The minimum Gasteiger partial charge on any atom is -0.457 e. The van der Waals surface area contributed by atoms with Crippen molar-refractivity contribution >= 4 is 46.7 Å². The van der Waals surface area contributed by atoms with Crippen molar-refractivity contribution in [1.82, 2.24) is 25.1 Å². The number of aromatic nitrogens is 2. The van der Waals surface area contributed by atoms with Gasteiger partial charge in [-0.05, 0) is 70.1 Å². The van der Waals surface area contributed by atoms with E-state index >= 15 is 0 Å². The van der Waals surface area contributed by atoms with Crippen LogP contribution in [0.4, 0.5) is 4.79 Å². The molecule has 1 saturated heterocycles. The van der Waals surface area contributed by atoms with E-state index < -0.39 is 77.4 Å². The number of rotatable bonds is 11. The van der Waals surface area contributed by atoms with Crippen LogP contribution in [0.15, 0.2) is 35.1 Å². The number of nitrogens with two attached hydrogens (primary N) is 1. The second-order valence-electron chi connectivity index (χ2n) is 16.1. The van der Waals surface area contributed by atoms with Crippen molar-refractivity contribution < 1.29 is 43.0 Å². The van der Waals surface area contributed by atoms with Gasteiger partial charge in [-0.25, -0.2) is 19.4 Å². The van der Waals surface area contributed by atoms with Crippen LogP contribution in [0.25, 0.3) is 22.3 Å². The van der Waals surface area contributed by atoms with Gasteiger partial charge in [-0.1, -0.05) is 45.9 Å². The van der Waals surface area contributed by atoms with E-state index in [4.69, 9.17) is 24.9 Å². The zero-order valence-electron chi connectivity index (χ0n) is 33.4. The molecule has 0 radical (unpaired) electrons. The van der Waals surface area contributed by atoms with Crippen LogP contribution in [0.1, 0.15) is 96.4 Å². The Morgan fingerprint density at radius 2 is 1.79 bits per heavy atom. The van der Waals surface area contributed by atoms with Gasteiger partial charge >= 0.3 is 18.0 Å². The molecule has 1 fully saturated rings. The maximum absolute atomic E-state index is 14.2. The fourth-order valence-corrected chi connectivity index (χ4v) is 8.01. The fraction of sp³-hybridized carbons (Fsp3) is 0.512. The highest BCUT2D eigenvalue weighted by Crippen LogP contribution is 2.42. The molecule has 57 heavy (non-hydrogen) atoms. The molecule has 5 heterocycles. The summed E-state index contributed by atoms with van der Waals surface area (Å²) in [7, 11) is 0. The summed E-state index contributed by atoms with van der Waals surface area (Å²) in [6.45, 7) is 12.1. The summed E-state index contributed by atoms with van der Waals surface area (Å²) in [4.78, 5) is 100. The van der Waals surface area contributed by atoms with Gasteiger partial charge in [0.25, 0.3) is 5.56 Å². The van der Waals surface area contributed by atoms with Crippen molar-refractivity contribution in [3.8, 4) is 11.4 Å². The molecule has 16 nitrogen and oxygen atoms in total. The lowest BCUT2D eigenvalue weighted by atomic mass is 9.85. The standard InChI is InChI=1S/C41H50N6O10/c1-8-22-23-13-10-11-14-27(23)43-33-24(22)19-47-30(33)17-26-25(35(47)50)20-55-38(53)41(26,9-2)56-37(52)32(21(3)4)45-34(49)29-15-12-16-46(29)36(51)28(18-31(42)48)44-39(54)57-40(5,6)7/h10-11,13-14,17,21,28-29,32H,8-9,12,15-16,18-20H2,1-7H3,(H2,42,48)(H,44,54)(H,45,49)/t28-,29-,32-,41-/m0/s1. The van der Waals surface area contributed by atoms with Crippen LogP contribution in [0.2, 0.25) is 0 Å². The van der Waals surface area contributed by atoms with Crippen LogP contribution in [0.5, 0.6) is 0 Å². The molecule has 3 aliphatic rings. The zero-order chi connectivity index (χ0) is 41.6. The number of amides is 4. The molecular weight excluding hydrogens is 736 g/mol. The molecule has 0 spiro atoms. The van der Waals surface area contributed by atoms with Crippen molar-refractivity contribution in [3.63, 3.8) is 0 Å². The number of primary amides is 1. The van der Waals surface area contributed by atoms with Gasteiger partial charge in [0.2, 0.25) is 23.3 Å². The van der Waals surface area contributed by atoms with E-state index in [-0.39, 0.29) is 49.2 Å². The van der Waals surface area contributed by atoms with E-state index in [1.54, 1.807) is 52.2 Å². The first-order valence-electron chi connectivity index (χ1n) is 19.4. The van der Waals surface area contributed by atoms with Crippen molar-refractivity contribution in [1.29, 1.82) is 0 Å². The number of nitrogens with zero attached hydrogens (tertiary/aromatic N) is 3. The van der Waals surface area contributed by atoms with Gasteiger partial charge in [0, 0.05) is 23.1 Å². The number of likely N-dealkylation sites (tertiary alicyclic amines) is 1. The molecule has 0 bridgehead atoms. The molecule has 0 saturated carbocycles. The Kier molecular flexibility index (Phi) is 11.2. The predicted octanol–water partition coefficient (Wildman–Crippen LogP) is 3.09. The molecule has 3 aromatic rings. The summed E-state index contributed by atoms with van der Waals surface area (Å²) in [5, 5.41) is 6.11. The van der Waals surface area contributed by atoms with Crippen molar-refractivity contribution in [2.45, 2.75) is 123 Å². The highest BCUT2D eigenvalue weighted by atomic mass is 16.6. The maximum atomic E-state index is 14.2. The van der Waals surface area contributed by atoms with E-state index in [1.807, 2.05) is 31.2 Å². The molecule has 3 aliphatic heterocycles. The maximum Gasteiger partial charge on any atom is 0.408 e. The SMILES string of the molecule is CCc1c2c(nc3ccccc13)-c1cc3c(c(=O)n1C2)COC(=O)[C@@]3(CC)OC(=O)[C@@H](NC(=O)[C@@H]1CCCN1C(=O)[C@H](CC(N)=O)NC(=O)OC(C)(C)C)C(C)C. The summed E-state index contributed by atoms with van der Waals surface area (Å²) in [5.41, 5.74) is 6.33. The Morgan fingerprint density at radius 1 is 1.07 bits per heavy atom. The number of aryl methyl sites for hydroxylation is 1. The van der Waals surface area contributed by atoms with Gasteiger partial charge < -0.3 is 40.0 Å². The molecule has 4 amide bonds. The molecule has 0 aliphatic carbocycles. The number of carbonyl (C=O) groups is 6. The number of benzene rings is 1. The van der Waals surface area contributed by atoms with Gasteiger partial charge in [0.15, 0.2) is 0 Å². The first-order chi connectivity index (χ1) is 26.9. The van der Waals surface area contributed by atoms with Crippen molar-refractivity contribution in [2.75, 3.05) is 6.54 Å². The monoisotopic (exact) mass is 786 g/mol. The lowest BCUT2D eigenvalue weighted by Gasteiger charge is -2.37. The van der Waals surface area contributed by atoms with Crippen molar-refractivity contribution in [2.24, 2.45) is 11.7 Å². The van der Waals surface area contributed by atoms with E-state index in [0.29, 0.717) is 24.2 Å². The highest BCUT2D eigenvalue weighted by molar-refractivity contribution is 5.96. The van der Waals surface area contributed by atoms with Crippen LogP contribution in [0.3, 0.4) is 0 Å². The second-order valence-corrected chi connectivity index (χ2v) is 16.1. The van der Waals surface area contributed by atoms with Gasteiger partial charge in [-0.2, -0.15) is 0 Å². The number of esters is 2. The predicted molar refractivity (Wildman–Crippen MR) is 206 cm³/mol. The van der Waals surface area contributed by atoms with Gasteiger partial charge in [0.1, 0.15) is 30.3 Å². The Morgan fingerprint density at radius 3 is 2.44 bits per heavy atom. The molecule has 4 N–H and O–H groups in total. The Hall–Kier alpha value is -5.80. The number of para-hydroxylation sites is 1. The average Bonchev–Trinajstić information content (AvgIpc) is 3.78. The minimum absolute atomic E-state index is 0.0821. The lowest BCUT2D eigenvalue weighted by molar-refractivity contribution is -0.191. The average molecular weight is 787 g/mol. The van der Waals surface area contributed by atoms with E-state index in [1.165, 1.54) is 4.90 Å². The first-order valence-corrected chi connectivity index (χ1v) is 19.4. The number of fused-ring (bicyclic) bond motifs is 5. The van der Waals surface area contributed by atoms with Crippen molar-refractivity contribution in [3.05, 3.63) is 62.9 Å². The summed E-state index contributed by atoms with van der Waals surface area (Å²) in [6.07, 6.45) is -0.203. The number of ether oxygens (including phenoxy) is 3. The summed E-state index contributed by atoms with van der Waals surface area (Å²) >= 11 is 0. The first kappa shape index (κ1) is 40.9. The van der Waals surface area contributed by atoms with Crippen LogP contribution < -0.4 is 21.9 Å². The highest BCUT2D eigenvalue weighted by Gasteiger charge is 2.52. The molecular formula is C41H50N6O10. The van der Waals surface area contributed by atoms with Gasteiger partial charge in [-0.15, -0.1) is 0 Å². The van der Waals surface area contributed by atoms with Crippen LogP contribution in [-0.2, 0) is 63.4 Å². The summed E-state index contributed by atoms with van der Waals surface area (Å²) in [6, 6.07) is 5.67. The number of carbonyl (C=O) groups excluding carboxylic acids is 6. The molecule has 0 unspecified atom stereocenters. The number of nitrogens with one attached hydrogen (secondary N) is 2. The third-order valence-electron chi connectivity index (χ3n) is 10.8. The Bertz CT molecular complexity index is 2230. The number of alkyl carbamates (subject to hydrolysis) is 1. The smallest absolute Gasteiger partial charge is 0.408 e. The number of cyclic esters (lactones) is 1. The quantitative estimate of drug-likeness (QED) is 0.148. The molecule has 1 aromatic carbocycles. The lowest BCUT2D eigenvalue weighted by Crippen LogP contribution is -2.57. The molecule has 16 heteroatoms. The number of hydrogen-bond acceptors (Lipinski definition) is 11. The van der Waals surface area contributed by atoms with Crippen LogP contribution in [0, 0.1) is 5.92 Å². The Labute approximate surface area is 329 Å². The van der Waals surface area contributed by atoms with Crippen LogP contribution in [-0.4, -0.2) is 80.5 Å². The third kappa shape index (κ3) is 7.68. The topological polar surface area (TPSA) is 218 Å². The molecule has 304 valence electrons. The van der Waals surface area contributed by atoms with E-state index in [2.05, 4.69) is 10.6 Å². The molecule has 6 rings (SSSR count). The minimum atomic E-state index is -2.02. The van der Waals surface area contributed by atoms with Gasteiger partial charge in [-0.3, -0.25) is 19.2 Å². The van der Waals surface area contributed by atoms with E-state index in [9.17, 15) is 33.6 Å². The van der Waals surface area contributed by atoms with Crippen LogP contribution >= 0.6 is 0 Å². The molecule has 2 aromatic heterocycles. The normalized spacial score (nSPS) is 19.5.